The average Bonchev–Trinajstić information content (AvgIpc) is 2.58. The quantitative estimate of drug-likeness (QED) is 0.677. The molecular weight excluding hydrogens is 310 g/mol. The van der Waals surface area contributed by atoms with E-state index in [2.05, 4.69) is 12.1 Å². The maximum absolute atomic E-state index is 9.68. The minimum atomic E-state index is -0.198. The number of ether oxygens (including phenoxy) is 1. The molecule has 0 fully saturated rings. The van der Waals surface area contributed by atoms with Crippen LogP contribution >= 0.6 is 11.8 Å². The number of hydrogen-bond donors (Lipinski definition) is 3. The Bertz CT molecular complexity index is 659. The number of hydrogen-bond acceptors (Lipinski definition) is 5. The molecule has 0 aromatic heterocycles. The summed E-state index contributed by atoms with van der Waals surface area (Å²) in [4.78, 5) is 0. The number of phenolic OH excluding ortho intramolecular Hbond substituents is 2. The highest BCUT2D eigenvalue weighted by Gasteiger charge is 2.10. The minimum Gasteiger partial charge on any atom is -0.504 e. The highest BCUT2D eigenvalue weighted by molar-refractivity contribution is 7.99. The van der Waals surface area contributed by atoms with Gasteiger partial charge in [-0.05, 0) is 11.6 Å². The van der Waals surface area contributed by atoms with Crippen LogP contribution in [0.2, 0.25) is 0 Å². The summed E-state index contributed by atoms with van der Waals surface area (Å²) < 4.78 is 5.25. The molecule has 0 spiro atoms. The van der Waals surface area contributed by atoms with E-state index in [-0.39, 0.29) is 16.7 Å². The third-order valence-corrected chi connectivity index (χ3v) is 4.58. The van der Waals surface area contributed by atoms with Gasteiger partial charge in [-0.25, -0.2) is 0 Å². The molecule has 2 aromatic carbocycles. The van der Waals surface area contributed by atoms with Crippen molar-refractivity contribution in [2.75, 3.05) is 19.4 Å². The lowest BCUT2D eigenvalue weighted by Gasteiger charge is -2.13. The van der Waals surface area contributed by atoms with Crippen LogP contribution in [0.15, 0.2) is 48.5 Å². The van der Waals surface area contributed by atoms with Crippen LogP contribution in [0, 0.1) is 0 Å². The van der Waals surface area contributed by atoms with Gasteiger partial charge in [0.2, 0.25) is 0 Å². The van der Waals surface area contributed by atoms with Gasteiger partial charge in [-0.15, -0.1) is 11.8 Å². The molecule has 0 aliphatic rings. The van der Waals surface area contributed by atoms with Crippen molar-refractivity contribution in [3.05, 3.63) is 59.7 Å². The number of methoxy groups -OCH3 is 1. The molecule has 5 heteroatoms. The summed E-state index contributed by atoms with van der Waals surface area (Å²) in [6.45, 7) is 0.616. The predicted molar refractivity (Wildman–Crippen MR) is 96.1 cm³/mol. The zero-order chi connectivity index (χ0) is 16.7. The highest BCUT2D eigenvalue weighted by Crippen LogP contribution is 2.35. The Morgan fingerprint density at radius 2 is 1.87 bits per heavy atom. The fourth-order valence-electron chi connectivity index (χ4n) is 2.17. The molecule has 1 atom stereocenters. The van der Waals surface area contributed by atoms with Gasteiger partial charge in [-0.2, -0.15) is 0 Å². The van der Waals surface area contributed by atoms with E-state index in [1.807, 2.05) is 30.4 Å². The largest absolute Gasteiger partial charge is 0.504 e. The molecule has 2 rings (SSSR count). The molecule has 4 nitrogen and oxygen atoms in total. The van der Waals surface area contributed by atoms with Crippen molar-refractivity contribution >= 4 is 17.8 Å². The molecule has 0 saturated carbocycles. The van der Waals surface area contributed by atoms with Crippen molar-refractivity contribution in [1.29, 1.82) is 0 Å². The summed E-state index contributed by atoms with van der Waals surface area (Å²) in [6, 6.07) is 13.0. The Labute approximate surface area is 140 Å². The number of aromatic hydroxyl groups is 2. The molecule has 0 saturated heterocycles. The van der Waals surface area contributed by atoms with Crippen LogP contribution in [0.5, 0.6) is 17.2 Å². The summed E-state index contributed by atoms with van der Waals surface area (Å²) in [5.41, 5.74) is 7.51. The van der Waals surface area contributed by atoms with Gasteiger partial charge in [0.05, 0.1) is 7.11 Å². The summed E-state index contributed by atoms with van der Waals surface area (Å²) in [7, 11) is 1.53. The Morgan fingerprint density at radius 3 is 2.52 bits per heavy atom. The summed E-state index contributed by atoms with van der Waals surface area (Å²) in [6.07, 6.45) is 3.93. The number of thioether (sulfide) groups is 1. The molecule has 0 radical (unpaired) electrons. The SMILES string of the molecule is COc1cc(O)c(O)cc1/C=C/C(SCCN)c1ccccc1. The van der Waals surface area contributed by atoms with Gasteiger partial charge in [0.1, 0.15) is 5.75 Å². The van der Waals surface area contributed by atoms with Crippen molar-refractivity contribution < 1.29 is 14.9 Å². The second-order valence-electron chi connectivity index (χ2n) is 4.93. The number of rotatable bonds is 7. The second kappa shape index (κ2) is 8.50. The lowest BCUT2D eigenvalue weighted by molar-refractivity contribution is 0.385. The fraction of sp³-hybridized carbons (Fsp3) is 0.222. The van der Waals surface area contributed by atoms with Crippen molar-refractivity contribution in [2.45, 2.75) is 5.25 Å². The first-order valence-corrected chi connectivity index (χ1v) is 8.35. The van der Waals surface area contributed by atoms with Crippen LogP contribution in [0.3, 0.4) is 0 Å². The van der Waals surface area contributed by atoms with E-state index in [1.165, 1.54) is 24.8 Å². The molecule has 0 heterocycles. The van der Waals surface area contributed by atoms with Crippen LogP contribution < -0.4 is 10.5 Å². The van der Waals surface area contributed by atoms with Crippen LogP contribution in [-0.4, -0.2) is 29.6 Å². The zero-order valence-corrected chi connectivity index (χ0v) is 13.8. The third-order valence-electron chi connectivity index (χ3n) is 3.32. The van der Waals surface area contributed by atoms with Crippen molar-refractivity contribution in [3.63, 3.8) is 0 Å². The van der Waals surface area contributed by atoms with Gasteiger partial charge in [-0.3, -0.25) is 0 Å². The Hall–Kier alpha value is -2.11. The van der Waals surface area contributed by atoms with Crippen LogP contribution in [-0.2, 0) is 0 Å². The molecule has 0 amide bonds. The normalized spacial score (nSPS) is 12.4. The van der Waals surface area contributed by atoms with Gasteiger partial charge in [0, 0.05) is 29.2 Å². The smallest absolute Gasteiger partial charge is 0.161 e. The lowest BCUT2D eigenvalue weighted by Crippen LogP contribution is -2.03. The van der Waals surface area contributed by atoms with E-state index in [0.717, 1.165) is 5.75 Å². The van der Waals surface area contributed by atoms with Crippen molar-refractivity contribution in [2.24, 2.45) is 5.73 Å². The Kier molecular flexibility index (Phi) is 6.38. The molecule has 23 heavy (non-hydrogen) atoms. The molecule has 122 valence electrons. The van der Waals surface area contributed by atoms with Gasteiger partial charge in [0.15, 0.2) is 11.5 Å². The lowest BCUT2D eigenvalue weighted by atomic mass is 10.1. The Balaban J connectivity index is 2.28. The maximum atomic E-state index is 9.68. The minimum absolute atomic E-state index is 0.153. The van der Waals surface area contributed by atoms with Crippen molar-refractivity contribution in [3.8, 4) is 17.2 Å². The fourth-order valence-corrected chi connectivity index (χ4v) is 3.10. The van der Waals surface area contributed by atoms with Gasteiger partial charge >= 0.3 is 0 Å². The molecular formula is C18H21NO3S. The van der Waals surface area contributed by atoms with E-state index in [0.29, 0.717) is 17.9 Å². The van der Waals surface area contributed by atoms with Gasteiger partial charge in [-0.1, -0.05) is 42.5 Å². The summed E-state index contributed by atoms with van der Waals surface area (Å²) >= 11 is 1.75. The standard InChI is InChI=1S/C18H21NO3S/c1-22-17-12-16(21)15(20)11-14(17)7-8-18(23-10-9-19)13-5-3-2-4-6-13/h2-8,11-12,18,20-21H,9-10,19H2,1H3/b8-7+. The van der Waals surface area contributed by atoms with Gasteiger partial charge in [0.25, 0.3) is 0 Å². The summed E-state index contributed by atoms with van der Waals surface area (Å²) in [5.74, 6) is 0.988. The van der Waals surface area contributed by atoms with Crippen molar-refractivity contribution in [1.82, 2.24) is 0 Å². The van der Waals surface area contributed by atoms with Crippen LogP contribution in [0.4, 0.5) is 0 Å². The first kappa shape index (κ1) is 17.2. The van der Waals surface area contributed by atoms with E-state index >= 15 is 0 Å². The number of phenols is 2. The summed E-state index contributed by atoms with van der Waals surface area (Å²) in [5, 5.41) is 19.4. The average molecular weight is 331 g/mol. The van der Waals surface area contributed by atoms with Crippen LogP contribution in [0.25, 0.3) is 6.08 Å². The maximum Gasteiger partial charge on any atom is 0.161 e. The molecule has 0 aliphatic heterocycles. The van der Waals surface area contributed by atoms with E-state index in [1.54, 1.807) is 11.8 Å². The topological polar surface area (TPSA) is 75.7 Å². The number of nitrogens with two attached hydrogens (primary N) is 1. The van der Waals surface area contributed by atoms with Crippen LogP contribution in [0.1, 0.15) is 16.4 Å². The monoisotopic (exact) mass is 331 g/mol. The predicted octanol–water partition coefficient (Wildman–Crippen LogP) is 3.55. The highest BCUT2D eigenvalue weighted by atomic mass is 32.2. The molecule has 1 unspecified atom stereocenters. The van der Waals surface area contributed by atoms with Gasteiger partial charge < -0.3 is 20.7 Å². The first-order chi connectivity index (χ1) is 11.2. The molecule has 0 bridgehead atoms. The molecule has 4 N–H and O–H groups in total. The van der Waals surface area contributed by atoms with E-state index in [4.69, 9.17) is 10.5 Å². The van der Waals surface area contributed by atoms with E-state index in [9.17, 15) is 10.2 Å². The number of benzene rings is 2. The first-order valence-electron chi connectivity index (χ1n) is 7.30. The van der Waals surface area contributed by atoms with E-state index < -0.39 is 0 Å². The Morgan fingerprint density at radius 1 is 1.17 bits per heavy atom. The second-order valence-corrected chi connectivity index (χ2v) is 6.18. The molecule has 0 aliphatic carbocycles. The third kappa shape index (κ3) is 4.68. The molecule has 2 aromatic rings. The zero-order valence-electron chi connectivity index (χ0n) is 13.0.